The average molecular weight is 261 g/mol. The lowest BCUT2D eigenvalue weighted by atomic mass is 10.2. The summed E-state index contributed by atoms with van der Waals surface area (Å²) in [6, 6.07) is 1.74. The highest BCUT2D eigenvalue weighted by atomic mass is 16.2. The summed E-state index contributed by atoms with van der Waals surface area (Å²) < 4.78 is 0. The van der Waals surface area contributed by atoms with Gasteiger partial charge in [-0.05, 0) is 19.8 Å². The van der Waals surface area contributed by atoms with Crippen LogP contribution < -0.4 is 15.5 Å². The smallest absolute Gasteiger partial charge is 0.242 e. The number of hydrogen-bond acceptors (Lipinski definition) is 5. The Labute approximate surface area is 112 Å². The second-order valence-electron chi connectivity index (χ2n) is 5.15. The van der Waals surface area contributed by atoms with E-state index in [2.05, 4.69) is 20.6 Å². The summed E-state index contributed by atoms with van der Waals surface area (Å²) in [4.78, 5) is 23.0. The Morgan fingerprint density at radius 2 is 2.21 bits per heavy atom. The molecule has 6 nitrogen and oxygen atoms in total. The van der Waals surface area contributed by atoms with Crippen molar-refractivity contribution in [1.82, 2.24) is 15.3 Å². The summed E-state index contributed by atoms with van der Waals surface area (Å²) >= 11 is 0. The second kappa shape index (κ2) is 4.68. The molecule has 2 N–H and O–H groups in total. The fraction of sp³-hybridized carbons (Fsp3) is 0.615. The van der Waals surface area contributed by atoms with Crippen LogP contribution in [0.1, 0.15) is 31.5 Å². The monoisotopic (exact) mass is 261 g/mol. The molecule has 3 rings (SSSR count). The molecule has 0 radical (unpaired) electrons. The quantitative estimate of drug-likeness (QED) is 0.839. The highest BCUT2D eigenvalue weighted by molar-refractivity contribution is 5.85. The first kappa shape index (κ1) is 12.2. The number of nitrogens with zero attached hydrogens (tertiary/aromatic N) is 3. The average Bonchev–Trinajstić information content (AvgIpc) is 3.26. The van der Waals surface area contributed by atoms with E-state index in [4.69, 9.17) is 0 Å². The SMILES string of the molecule is CNc1cc(N2CCNC(=O)C2C)nc(C2CC2)n1. The van der Waals surface area contributed by atoms with Crippen molar-refractivity contribution < 1.29 is 4.79 Å². The van der Waals surface area contributed by atoms with E-state index in [0.29, 0.717) is 12.5 Å². The third kappa shape index (κ3) is 2.34. The maximum atomic E-state index is 11.8. The number of hydrogen-bond donors (Lipinski definition) is 2. The molecule has 1 unspecified atom stereocenters. The van der Waals surface area contributed by atoms with E-state index < -0.39 is 0 Å². The van der Waals surface area contributed by atoms with Crippen LogP contribution in [0.25, 0.3) is 0 Å². The van der Waals surface area contributed by atoms with Gasteiger partial charge in [-0.25, -0.2) is 9.97 Å². The van der Waals surface area contributed by atoms with Gasteiger partial charge in [0.25, 0.3) is 0 Å². The van der Waals surface area contributed by atoms with Crippen LogP contribution in [0.4, 0.5) is 11.6 Å². The molecule has 1 saturated carbocycles. The van der Waals surface area contributed by atoms with Gasteiger partial charge in [0.2, 0.25) is 5.91 Å². The van der Waals surface area contributed by atoms with Gasteiger partial charge in [-0.15, -0.1) is 0 Å². The summed E-state index contributed by atoms with van der Waals surface area (Å²) in [5.74, 6) is 3.14. The third-order valence-corrected chi connectivity index (χ3v) is 3.72. The molecular weight excluding hydrogens is 242 g/mol. The van der Waals surface area contributed by atoms with Crippen LogP contribution in [-0.4, -0.2) is 42.1 Å². The van der Waals surface area contributed by atoms with Crippen molar-refractivity contribution in [2.24, 2.45) is 0 Å². The molecular formula is C13H19N5O. The van der Waals surface area contributed by atoms with E-state index in [0.717, 1.165) is 24.0 Å². The minimum atomic E-state index is -0.180. The lowest BCUT2D eigenvalue weighted by molar-refractivity contribution is -0.122. The molecule has 6 heteroatoms. The summed E-state index contributed by atoms with van der Waals surface area (Å²) in [5.41, 5.74) is 0. The zero-order valence-corrected chi connectivity index (χ0v) is 11.3. The fourth-order valence-electron chi connectivity index (χ4n) is 2.35. The molecule has 19 heavy (non-hydrogen) atoms. The van der Waals surface area contributed by atoms with E-state index in [1.165, 1.54) is 12.8 Å². The standard InChI is InChI=1S/C13H19N5O/c1-8-13(19)15-5-6-18(8)11-7-10(14-2)16-12(17-11)9-3-4-9/h7-9H,3-6H2,1-2H3,(H,15,19)(H,14,16,17). The predicted octanol–water partition coefficient (Wildman–Crippen LogP) is 0.720. The van der Waals surface area contributed by atoms with E-state index in [9.17, 15) is 4.79 Å². The van der Waals surface area contributed by atoms with Gasteiger partial charge >= 0.3 is 0 Å². The van der Waals surface area contributed by atoms with Gasteiger partial charge in [-0.3, -0.25) is 4.79 Å². The molecule has 1 aromatic heterocycles. The number of carbonyl (C=O) groups is 1. The summed E-state index contributed by atoms with van der Waals surface area (Å²) in [6.45, 7) is 3.37. The fourth-order valence-corrected chi connectivity index (χ4v) is 2.35. The molecule has 0 bridgehead atoms. The zero-order valence-electron chi connectivity index (χ0n) is 11.3. The Hall–Kier alpha value is -1.85. The van der Waals surface area contributed by atoms with Crippen LogP contribution >= 0.6 is 0 Å². The molecule has 2 fully saturated rings. The Morgan fingerprint density at radius 1 is 1.42 bits per heavy atom. The number of nitrogens with one attached hydrogen (secondary N) is 2. The zero-order chi connectivity index (χ0) is 13.4. The Bertz CT molecular complexity index is 500. The summed E-state index contributed by atoms with van der Waals surface area (Å²) in [5, 5.41) is 5.95. The molecule has 1 atom stereocenters. The van der Waals surface area contributed by atoms with Gasteiger partial charge in [0, 0.05) is 32.1 Å². The maximum absolute atomic E-state index is 11.8. The largest absolute Gasteiger partial charge is 0.373 e. The van der Waals surface area contributed by atoms with Crippen LogP contribution in [0.15, 0.2) is 6.07 Å². The first-order valence-corrected chi connectivity index (χ1v) is 6.80. The minimum absolute atomic E-state index is 0.0591. The first-order chi connectivity index (χ1) is 9.19. The highest BCUT2D eigenvalue weighted by Crippen LogP contribution is 2.39. The molecule has 2 heterocycles. The summed E-state index contributed by atoms with van der Waals surface area (Å²) in [7, 11) is 1.86. The lowest BCUT2D eigenvalue weighted by Gasteiger charge is -2.34. The number of piperazine rings is 1. The Balaban J connectivity index is 1.94. The van der Waals surface area contributed by atoms with E-state index in [1.54, 1.807) is 0 Å². The third-order valence-electron chi connectivity index (χ3n) is 3.72. The maximum Gasteiger partial charge on any atom is 0.242 e. The topological polar surface area (TPSA) is 70.2 Å². The van der Waals surface area contributed by atoms with Gasteiger partial charge in [-0.1, -0.05) is 0 Å². The Morgan fingerprint density at radius 3 is 2.89 bits per heavy atom. The van der Waals surface area contributed by atoms with Crippen molar-refractivity contribution in [3.8, 4) is 0 Å². The molecule has 2 aliphatic rings. The molecule has 1 saturated heterocycles. The van der Waals surface area contributed by atoms with Crippen LogP contribution in [0.3, 0.4) is 0 Å². The minimum Gasteiger partial charge on any atom is -0.373 e. The van der Waals surface area contributed by atoms with Crippen LogP contribution in [0, 0.1) is 0 Å². The number of amides is 1. The van der Waals surface area contributed by atoms with Crippen molar-refractivity contribution >= 4 is 17.5 Å². The highest BCUT2D eigenvalue weighted by Gasteiger charge is 2.30. The Kier molecular flexibility index (Phi) is 3.00. The van der Waals surface area contributed by atoms with Crippen molar-refractivity contribution in [3.63, 3.8) is 0 Å². The van der Waals surface area contributed by atoms with Crippen molar-refractivity contribution in [3.05, 3.63) is 11.9 Å². The van der Waals surface area contributed by atoms with Crippen LogP contribution in [-0.2, 0) is 4.79 Å². The van der Waals surface area contributed by atoms with Gasteiger partial charge in [0.1, 0.15) is 23.5 Å². The van der Waals surface area contributed by atoms with E-state index >= 15 is 0 Å². The molecule has 1 amide bonds. The predicted molar refractivity (Wildman–Crippen MR) is 73.4 cm³/mol. The number of carbonyl (C=O) groups excluding carboxylic acids is 1. The van der Waals surface area contributed by atoms with Gasteiger partial charge < -0.3 is 15.5 Å². The normalized spacial score (nSPS) is 23.2. The van der Waals surface area contributed by atoms with Crippen LogP contribution in [0.2, 0.25) is 0 Å². The van der Waals surface area contributed by atoms with Crippen molar-refractivity contribution in [2.75, 3.05) is 30.4 Å². The first-order valence-electron chi connectivity index (χ1n) is 6.80. The van der Waals surface area contributed by atoms with Gasteiger partial charge in [0.05, 0.1) is 0 Å². The molecule has 1 aromatic rings. The van der Waals surface area contributed by atoms with Crippen molar-refractivity contribution in [1.29, 1.82) is 0 Å². The molecule has 102 valence electrons. The van der Waals surface area contributed by atoms with Gasteiger partial charge in [-0.2, -0.15) is 0 Å². The molecule has 0 spiro atoms. The number of anilines is 2. The molecule has 1 aliphatic carbocycles. The van der Waals surface area contributed by atoms with Crippen LogP contribution in [0.5, 0.6) is 0 Å². The summed E-state index contributed by atoms with van der Waals surface area (Å²) in [6.07, 6.45) is 2.34. The second-order valence-corrected chi connectivity index (χ2v) is 5.15. The lowest BCUT2D eigenvalue weighted by Crippen LogP contribution is -2.54. The number of aromatic nitrogens is 2. The molecule has 1 aliphatic heterocycles. The molecule has 0 aromatic carbocycles. The number of rotatable bonds is 3. The van der Waals surface area contributed by atoms with Gasteiger partial charge in [0.15, 0.2) is 0 Å². The van der Waals surface area contributed by atoms with E-state index in [-0.39, 0.29) is 11.9 Å². The van der Waals surface area contributed by atoms with Crippen molar-refractivity contribution in [2.45, 2.75) is 31.7 Å². The van der Waals surface area contributed by atoms with E-state index in [1.807, 2.05) is 24.9 Å².